The maximum Gasteiger partial charge on any atom is 0.437 e. The normalized spacial score (nSPS) is 13.5. The number of hydrogen-bond donors (Lipinski definition) is 2. The molecule has 0 atom stereocenters. The van der Waals surface area contributed by atoms with Crippen molar-refractivity contribution in [1.82, 2.24) is 0 Å². The Balaban J connectivity index is 4.69. The number of esters is 1. The minimum Gasteiger partial charge on any atom is -0.461 e. The Morgan fingerprint density at radius 1 is 0.947 bits per heavy atom. The topological polar surface area (TPSA) is 76.0 Å². The van der Waals surface area contributed by atoms with Crippen molar-refractivity contribution in [2.75, 3.05) is 26.4 Å². The van der Waals surface area contributed by atoms with Crippen LogP contribution in [0.4, 0.5) is 26.3 Å². The summed E-state index contributed by atoms with van der Waals surface area (Å²) in [4.78, 5) is 10.8. The highest BCUT2D eigenvalue weighted by molar-refractivity contribution is 5.81. The quantitative estimate of drug-likeness (QED) is 0.422. The summed E-state index contributed by atoms with van der Waals surface area (Å²) in [6.07, 6.45) is -12.5. The van der Waals surface area contributed by atoms with Crippen LogP contribution in [-0.2, 0) is 14.3 Å². The fraction of sp³-hybridized carbons (Fsp3) is 0.875. The molecule has 0 saturated carbocycles. The second kappa shape index (κ2) is 6.39. The Morgan fingerprint density at radius 3 is 1.79 bits per heavy atom. The lowest BCUT2D eigenvalue weighted by molar-refractivity contribution is -0.357. The molecule has 0 spiro atoms. The molecule has 0 amide bonds. The van der Waals surface area contributed by atoms with E-state index in [0.29, 0.717) is 0 Å². The summed E-state index contributed by atoms with van der Waals surface area (Å²) in [5, 5.41) is 16.8. The van der Waals surface area contributed by atoms with Crippen LogP contribution < -0.4 is 0 Å². The zero-order chi connectivity index (χ0) is 15.3. The summed E-state index contributed by atoms with van der Waals surface area (Å²) in [5.74, 6) is -2.89. The minimum atomic E-state index is -6.27. The number of rotatable bonds is 6. The molecule has 0 aromatic heterocycles. The fourth-order valence-corrected chi connectivity index (χ4v) is 0.857. The Kier molecular flexibility index (Phi) is 6.03. The maximum absolute atomic E-state index is 12.1. The molecule has 0 aliphatic rings. The lowest BCUT2D eigenvalue weighted by Crippen LogP contribution is -2.63. The van der Waals surface area contributed by atoms with Crippen molar-refractivity contribution >= 4 is 5.97 Å². The minimum absolute atomic E-state index is 0.236. The molecule has 2 N–H and O–H groups in total. The second-order valence-corrected chi connectivity index (χ2v) is 3.18. The average molecular weight is 300 g/mol. The highest BCUT2D eigenvalue weighted by Gasteiger charge is 2.76. The van der Waals surface area contributed by atoms with Gasteiger partial charge in [-0.05, 0) is 0 Å². The van der Waals surface area contributed by atoms with Crippen molar-refractivity contribution in [3.8, 4) is 0 Å². The number of aliphatic hydroxyl groups is 2. The number of hydrogen-bond acceptors (Lipinski definition) is 5. The molecule has 0 unspecified atom stereocenters. The van der Waals surface area contributed by atoms with Crippen LogP contribution in [0.3, 0.4) is 0 Å². The molecular weight excluding hydrogens is 290 g/mol. The van der Waals surface area contributed by atoms with Crippen LogP contribution >= 0.6 is 0 Å². The van der Waals surface area contributed by atoms with Crippen molar-refractivity contribution in [3.63, 3.8) is 0 Å². The SMILES string of the molecule is O=C(OCCOCCO)C(O)(C(F)(F)F)C(F)(F)F. The smallest absolute Gasteiger partial charge is 0.437 e. The van der Waals surface area contributed by atoms with Crippen molar-refractivity contribution in [2.24, 2.45) is 0 Å². The summed E-state index contributed by atoms with van der Waals surface area (Å²) in [7, 11) is 0. The van der Waals surface area contributed by atoms with Crippen LogP contribution in [0.25, 0.3) is 0 Å². The van der Waals surface area contributed by atoms with Gasteiger partial charge in [-0.1, -0.05) is 0 Å². The molecule has 19 heavy (non-hydrogen) atoms. The van der Waals surface area contributed by atoms with E-state index in [4.69, 9.17) is 10.2 Å². The van der Waals surface area contributed by atoms with Crippen LogP contribution in [0.1, 0.15) is 0 Å². The number of carbonyl (C=O) groups excluding carboxylic acids is 1. The van der Waals surface area contributed by atoms with Crippen LogP contribution in [0, 0.1) is 0 Å². The van der Waals surface area contributed by atoms with Gasteiger partial charge in [0.1, 0.15) is 6.61 Å². The lowest BCUT2D eigenvalue weighted by Gasteiger charge is -2.29. The molecule has 0 aliphatic heterocycles. The van der Waals surface area contributed by atoms with Crippen molar-refractivity contribution < 1.29 is 50.8 Å². The van der Waals surface area contributed by atoms with Crippen molar-refractivity contribution in [3.05, 3.63) is 0 Å². The molecule has 0 fully saturated rings. The summed E-state index contributed by atoms with van der Waals surface area (Å²) >= 11 is 0. The van der Waals surface area contributed by atoms with Crippen LogP contribution in [0.15, 0.2) is 0 Å². The van der Waals surface area contributed by atoms with E-state index in [1.54, 1.807) is 0 Å². The molecular formula is C8H10F6O5. The van der Waals surface area contributed by atoms with E-state index in [0.717, 1.165) is 0 Å². The third-order valence-electron chi connectivity index (χ3n) is 1.81. The van der Waals surface area contributed by atoms with Crippen LogP contribution in [-0.4, -0.2) is 60.6 Å². The van der Waals surface area contributed by atoms with Crippen molar-refractivity contribution in [1.29, 1.82) is 0 Å². The Bertz CT molecular complexity index is 285. The van der Waals surface area contributed by atoms with E-state index in [1.165, 1.54) is 0 Å². The van der Waals surface area contributed by atoms with E-state index in [9.17, 15) is 31.1 Å². The van der Waals surface area contributed by atoms with Crippen LogP contribution in [0.5, 0.6) is 0 Å². The number of alkyl halides is 6. The molecule has 0 rings (SSSR count). The standard InChI is InChI=1S/C8H10F6O5/c9-7(10,11)6(17,8(12,13)14)5(16)19-4-3-18-2-1-15/h15,17H,1-4H2. The number of halogens is 6. The van der Waals surface area contributed by atoms with E-state index in [1.807, 2.05) is 0 Å². The molecule has 11 heteroatoms. The lowest BCUT2D eigenvalue weighted by atomic mass is 10.0. The second-order valence-electron chi connectivity index (χ2n) is 3.18. The molecule has 114 valence electrons. The predicted molar refractivity (Wildman–Crippen MR) is 45.9 cm³/mol. The Hall–Kier alpha value is -1.07. The van der Waals surface area contributed by atoms with Crippen molar-refractivity contribution in [2.45, 2.75) is 18.0 Å². The van der Waals surface area contributed by atoms with Gasteiger partial charge in [-0.3, -0.25) is 0 Å². The fourth-order valence-electron chi connectivity index (χ4n) is 0.857. The first-order valence-electron chi connectivity index (χ1n) is 4.70. The molecule has 0 aromatic rings. The van der Waals surface area contributed by atoms with E-state index in [2.05, 4.69) is 9.47 Å². The van der Waals surface area contributed by atoms with E-state index in [-0.39, 0.29) is 6.61 Å². The van der Waals surface area contributed by atoms with Gasteiger partial charge in [0.15, 0.2) is 0 Å². The van der Waals surface area contributed by atoms with Gasteiger partial charge in [0.25, 0.3) is 0 Å². The first-order valence-corrected chi connectivity index (χ1v) is 4.70. The van der Waals surface area contributed by atoms with Crippen LogP contribution in [0.2, 0.25) is 0 Å². The Morgan fingerprint density at radius 2 is 1.42 bits per heavy atom. The molecule has 0 saturated heterocycles. The van der Waals surface area contributed by atoms with Gasteiger partial charge in [-0.2, -0.15) is 26.3 Å². The maximum atomic E-state index is 12.1. The number of carbonyl (C=O) groups is 1. The molecule has 0 radical (unpaired) electrons. The first-order chi connectivity index (χ1) is 8.48. The molecule has 5 nitrogen and oxygen atoms in total. The van der Waals surface area contributed by atoms with Gasteiger partial charge < -0.3 is 19.7 Å². The zero-order valence-electron chi connectivity index (χ0n) is 9.22. The third-order valence-corrected chi connectivity index (χ3v) is 1.81. The summed E-state index contributed by atoms with van der Waals surface area (Å²) in [6.45, 7) is -2.13. The summed E-state index contributed by atoms with van der Waals surface area (Å²) in [5.41, 5.74) is -5.59. The highest BCUT2D eigenvalue weighted by atomic mass is 19.4. The predicted octanol–water partition coefficient (Wildman–Crippen LogP) is 0.394. The number of aliphatic hydroxyl groups excluding tert-OH is 1. The molecule has 0 heterocycles. The average Bonchev–Trinajstić information content (AvgIpc) is 2.24. The monoisotopic (exact) mass is 300 g/mol. The third kappa shape index (κ3) is 4.21. The summed E-state index contributed by atoms with van der Waals surface area (Å²) < 4.78 is 81.0. The largest absolute Gasteiger partial charge is 0.461 e. The summed E-state index contributed by atoms with van der Waals surface area (Å²) in [6, 6.07) is 0. The molecule has 0 bridgehead atoms. The Labute approximate surface area is 102 Å². The first kappa shape index (κ1) is 17.9. The molecule has 0 aromatic carbocycles. The highest BCUT2D eigenvalue weighted by Crippen LogP contribution is 2.43. The zero-order valence-corrected chi connectivity index (χ0v) is 9.22. The van der Waals surface area contributed by atoms with Gasteiger partial charge in [-0.15, -0.1) is 0 Å². The van der Waals surface area contributed by atoms with Gasteiger partial charge >= 0.3 is 23.9 Å². The number of ether oxygens (including phenoxy) is 2. The molecule has 0 aliphatic carbocycles. The van der Waals surface area contributed by atoms with Gasteiger partial charge in [0.05, 0.1) is 19.8 Å². The van der Waals surface area contributed by atoms with Gasteiger partial charge in [0.2, 0.25) is 0 Å². The van der Waals surface area contributed by atoms with E-state index < -0.39 is 43.7 Å². The van der Waals surface area contributed by atoms with Gasteiger partial charge in [0, 0.05) is 0 Å². The van der Waals surface area contributed by atoms with Gasteiger partial charge in [-0.25, -0.2) is 4.79 Å². The van der Waals surface area contributed by atoms with E-state index >= 15 is 0 Å².